The highest BCUT2D eigenvalue weighted by atomic mass is 79.9. The minimum absolute atomic E-state index is 0.329. The quantitative estimate of drug-likeness (QED) is 0.578. The fraction of sp³-hybridized carbons (Fsp3) is 0.174. The van der Waals surface area contributed by atoms with E-state index in [-0.39, 0.29) is 12.2 Å². The molecule has 1 aliphatic heterocycles. The number of fused-ring (bicyclic) bond motifs is 1. The van der Waals surface area contributed by atoms with E-state index < -0.39 is 11.5 Å². The summed E-state index contributed by atoms with van der Waals surface area (Å²) in [6.07, 6.45) is 3.33. The van der Waals surface area contributed by atoms with E-state index in [4.69, 9.17) is 0 Å². The number of pyridine rings is 1. The molecule has 1 N–H and O–H groups in total. The second kappa shape index (κ2) is 7.89. The third-order valence-corrected chi connectivity index (χ3v) is 5.65. The molecule has 3 aromatic rings. The lowest BCUT2D eigenvalue weighted by atomic mass is 9.88. The molecule has 0 saturated heterocycles. The van der Waals surface area contributed by atoms with Gasteiger partial charge in [-0.2, -0.15) is 0 Å². The van der Waals surface area contributed by atoms with E-state index in [0.717, 1.165) is 10.0 Å². The van der Waals surface area contributed by atoms with E-state index in [1.807, 2.05) is 36.4 Å². The fourth-order valence-electron chi connectivity index (χ4n) is 3.66. The van der Waals surface area contributed by atoms with Gasteiger partial charge in [0, 0.05) is 34.5 Å². The molecule has 1 aliphatic rings. The van der Waals surface area contributed by atoms with E-state index in [1.165, 1.54) is 6.20 Å². The van der Waals surface area contributed by atoms with Crippen LogP contribution in [-0.2, 0) is 16.8 Å². The number of rotatable bonds is 6. The lowest BCUT2D eigenvalue weighted by Gasteiger charge is -2.23. The molecule has 0 spiro atoms. The van der Waals surface area contributed by atoms with Gasteiger partial charge in [0.1, 0.15) is 0 Å². The molecule has 1 amide bonds. The number of amides is 1. The van der Waals surface area contributed by atoms with Gasteiger partial charge < -0.3 is 10.0 Å². The van der Waals surface area contributed by atoms with Crippen LogP contribution in [0.3, 0.4) is 0 Å². The van der Waals surface area contributed by atoms with Crippen molar-refractivity contribution in [3.05, 3.63) is 94.2 Å². The number of halogens is 1. The Balaban J connectivity index is 1.65. The number of ketones is 1. The number of Topliss-reactive ketones (excluding diaryl/α,β-unsaturated/α-hetero) is 1. The molecule has 2 aromatic carbocycles. The van der Waals surface area contributed by atoms with Crippen molar-refractivity contribution in [1.82, 2.24) is 4.98 Å². The van der Waals surface area contributed by atoms with Gasteiger partial charge in [0.2, 0.25) is 0 Å². The van der Waals surface area contributed by atoms with Crippen LogP contribution in [0.2, 0.25) is 0 Å². The Hall–Kier alpha value is -2.83. The topological polar surface area (TPSA) is 70.5 Å². The van der Waals surface area contributed by atoms with E-state index in [1.54, 1.807) is 35.4 Å². The van der Waals surface area contributed by atoms with Gasteiger partial charge in [-0.3, -0.25) is 14.6 Å². The average Bonchev–Trinajstić information content (AvgIpc) is 2.94. The predicted molar refractivity (Wildman–Crippen MR) is 114 cm³/mol. The van der Waals surface area contributed by atoms with Crippen LogP contribution < -0.4 is 4.90 Å². The highest BCUT2D eigenvalue weighted by Gasteiger charge is 2.50. The third-order valence-electron chi connectivity index (χ3n) is 5.16. The van der Waals surface area contributed by atoms with Gasteiger partial charge in [0.15, 0.2) is 11.4 Å². The van der Waals surface area contributed by atoms with Crippen molar-refractivity contribution >= 4 is 33.3 Å². The first-order chi connectivity index (χ1) is 14.0. The van der Waals surface area contributed by atoms with E-state index in [9.17, 15) is 14.7 Å². The fourth-order valence-corrected chi connectivity index (χ4v) is 4.02. The Morgan fingerprint density at radius 3 is 2.62 bits per heavy atom. The van der Waals surface area contributed by atoms with E-state index in [2.05, 4.69) is 20.9 Å². The number of aliphatic hydroxyl groups is 1. The largest absolute Gasteiger partial charge is 0.375 e. The number of anilines is 1. The summed E-state index contributed by atoms with van der Waals surface area (Å²) in [5.74, 6) is -0.802. The molecule has 0 radical (unpaired) electrons. The van der Waals surface area contributed by atoms with Crippen LogP contribution >= 0.6 is 15.9 Å². The van der Waals surface area contributed by atoms with Crippen molar-refractivity contribution in [3.63, 3.8) is 0 Å². The highest BCUT2D eigenvalue weighted by molar-refractivity contribution is 9.10. The second-order valence-electron chi connectivity index (χ2n) is 7.06. The third kappa shape index (κ3) is 3.73. The summed E-state index contributed by atoms with van der Waals surface area (Å²) in [7, 11) is 0. The van der Waals surface area contributed by atoms with Gasteiger partial charge in [-0.15, -0.1) is 0 Å². The maximum Gasteiger partial charge on any atom is 0.264 e. The Labute approximate surface area is 177 Å². The lowest BCUT2D eigenvalue weighted by Crippen LogP contribution is -2.42. The SMILES string of the molecule is O=C(CC1(O)C(=O)N(CCc2ccccc2)c2ccc(Br)cc21)c1cccnc1. The normalized spacial score (nSPS) is 18.0. The van der Waals surface area contributed by atoms with E-state index in [0.29, 0.717) is 29.8 Å². The van der Waals surface area contributed by atoms with Crippen molar-refractivity contribution in [3.8, 4) is 0 Å². The predicted octanol–water partition coefficient (Wildman–Crippen LogP) is 3.89. The van der Waals surface area contributed by atoms with Crippen LogP contribution in [0.25, 0.3) is 0 Å². The molecule has 2 heterocycles. The van der Waals surface area contributed by atoms with Crippen molar-refractivity contribution in [1.29, 1.82) is 0 Å². The molecule has 1 atom stereocenters. The van der Waals surface area contributed by atoms with Crippen LogP contribution in [0.5, 0.6) is 0 Å². The molecule has 146 valence electrons. The zero-order valence-corrected chi connectivity index (χ0v) is 17.2. The van der Waals surface area contributed by atoms with Crippen molar-refractivity contribution in [2.24, 2.45) is 0 Å². The first-order valence-electron chi connectivity index (χ1n) is 9.30. The Kier molecular flexibility index (Phi) is 5.30. The maximum absolute atomic E-state index is 13.3. The summed E-state index contributed by atoms with van der Waals surface area (Å²) in [6, 6.07) is 18.5. The molecule has 29 heavy (non-hydrogen) atoms. The van der Waals surface area contributed by atoms with Crippen molar-refractivity contribution < 1.29 is 14.7 Å². The number of carbonyl (C=O) groups is 2. The number of hydrogen-bond donors (Lipinski definition) is 1. The van der Waals surface area contributed by atoms with Gasteiger partial charge in [-0.25, -0.2) is 0 Å². The van der Waals surface area contributed by atoms with Gasteiger partial charge in [0.25, 0.3) is 5.91 Å². The van der Waals surface area contributed by atoms with Gasteiger partial charge in [0.05, 0.1) is 12.1 Å². The molecule has 6 heteroatoms. The van der Waals surface area contributed by atoms with E-state index >= 15 is 0 Å². The number of benzene rings is 2. The molecule has 0 saturated carbocycles. The average molecular weight is 451 g/mol. The van der Waals surface area contributed by atoms with Gasteiger partial charge in [-0.05, 0) is 42.3 Å². The minimum Gasteiger partial charge on any atom is -0.375 e. The zero-order valence-electron chi connectivity index (χ0n) is 15.6. The van der Waals surface area contributed by atoms with Crippen LogP contribution in [0.4, 0.5) is 5.69 Å². The van der Waals surface area contributed by atoms with Crippen LogP contribution in [-0.4, -0.2) is 28.3 Å². The van der Waals surface area contributed by atoms with Crippen LogP contribution in [0.1, 0.15) is 27.9 Å². The van der Waals surface area contributed by atoms with Crippen molar-refractivity contribution in [2.45, 2.75) is 18.4 Å². The first-order valence-corrected chi connectivity index (χ1v) is 10.1. The van der Waals surface area contributed by atoms with Crippen LogP contribution in [0.15, 0.2) is 77.5 Å². The van der Waals surface area contributed by atoms with Gasteiger partial charge in [-0.1, -0.05) is 46.3 Å². The molecule has 4 rings (SSSR count). The smallest absolute Gasteiger partial charge is 0.264 e. The number of nitrogens with zero attached hydrogens (tertiary/aromatic N) is 2. The number of aromatic nitrogens is 1. The first kappa shape index (κ1) is 19.5. The summed E-state index contributed by atoms with van der Waals surface area (Å²) in [5.41, 5.74) is 0.648. The molecule has 1 unspecified atom stereocenters. The zero-order chi connectivity index (χ0) is 20.4. The van der Waals surface area contributed by atoms with Crippen LogP contribution in [0, 0.1) is 0 Å². The summed E-state index contributed by atoms with van der Waals surface area (Å²) in [4.78, 5) is 31.6. The standard InChI is InChI=1S/C23H19BrN2O3/c24-18-8-9-20-19(13-18)23(29,14-21(27)17-7-4-11-25-15-17)22(28)26(20)12-10-16-5-2-1-3-6-16/h1-9,11,13,15,29H,10,12,14H2. The Morgan fingerprint density at radius 2 is 1.90 bits per heavy atom. The monoisotopic (exact) mass is 450 g/mol. The molecule has 0 aliphatic carbocycles. The maximum atomic E-state index is 13.3. The Morgan fingerprint density at radius 1 is 1.10 bits per heavy atom. The lowest BCUT2D eigenvalue weighted by molar-refractivity contribution is -0.135. The molecule has 5 nitrogen and oxygen atoms in total. The summed E-state index contributed by atoms with van der Waals surface area (Å²) < 4.78 is 0.737. The molecular weight excluding hydrogens is 432 g/mol. The number of hydrogen-bond acceptors (Lipinski definition) is 4. The van der Waals surface area contributed by atoms with Crippen molar-refractivity contribution in [2.75, 3.05) is 11.4 Å². The minimum atomic E-state index is -1.90. The Bertz CT molecular complexity index is 1060. The molecule has 1 aromatic heterocycles. The number of carbonyl (C=O) groups excluding carboxylic acids is 2. The highest BCUT2D eigenvalue weighted by Crippen LogP contribution is 2.44. The van der Waals surface area contributed by atoms with Gasteiger partial charge >= 0.3 is 0 Å². The summed E-state index contributed by atoms with van der Waals surface area (Å²) >= 11 is 3.41. The summed E-state index contributed by atoms with van der Waals surface area (Å²) in [6.45, 7) is 0.418. The molecule has 0 bridgehead atoms. The molecule has 0 fully saturated rings. The second-order valence-corrected chi connectivity index (χ2v) is 7.97. The summed E-state index contributed by atoms with van der Waals surface area (Å²) in [5, 5.41) is 11.4. The molecular formula is C23H19BrN2O3.